The highest BCUT2D eigenvalue weighted by Crippen LogP contribution is 2.24. The first-order valence-corrected chi connectivity index (χ1v) is 9.64. The molecule has 0 saturated carbocycles. The SMILES string of the molecule is O=C(c1cn2ccccc2n1)N1CCN([C@@H]2CCCN(CC(F)(F)F)C2=O)CC1. The molecule has 2 saturated heterocycles. The Morgan fingerprint density at radius 1 is 1.14 bits per heavy atom. The molecule has 4 rings (SSSR count). The zero-order valence-electron chi connectivity index (χ0n) is 15.8. The molecule has 7 nitrogen and oxygen atoms in total. The number of amides is 2. The zero-order chi connectivity index (χ0) is 20.6. The van der Waals surface area contributed by atoms with E-state index in [2.05, 4.69) is 4.98 Å². The van der Waals surface area contributed by atoms with Crippen LogP contribution in [-0.4, -0.2) is 87.4 Å². The Balaban J connectivity index is 1.37. The van der Waals surface area contributed by atoms with Gasteiger partial charge in [0.15, 0.2) is 0 Å². The number of hydrogen-bond donors (Lipinski definition) is 0. The number of alkyl halides is 3. The lowest BCUT2D eigenvalue weighted by atomic mass is 10.0. The van der Waals surface area contributed by atoms with E-state index in [1.54, 1.807) is 15.5 Å². The number of rotatable bonds is 3. The topological polar surface area (TPSA) is 61.2 Å². The number of pyridine rings is 1. The van der Waals surface area contributed by atoms with Crippen LogP contribution < -0.4 is 0 Å². The number of piperidine rings is 1. The predicted molar refractivity (Wildman–Crippen MR) is 98.3 cm³/mol. The number of likely N-dealkylation sites (tertiary alicyclic amines) is 1. The summed E-state index contributed by atoms with van der Waals surface area (Å²) in [5.74, 6) is -0.643. The fraction of sp³-hybridized carbons (Fsp3) is 0.526. The van der Waals surface area contributed by atoms with Crippen LogP contribution in [0.3, 0.4) is 0 Å². The van der Waals surface area contributed by atoms with Gasteiger partial charge in [0.25, 0.3) is 5.91 Å². The summed E-state index contributed by atoms with van der Waals surface area (Å²) in [6.07, 6.45) is 0.208. The summed E-state index contributed by atoms with van der Waals surface area (Å²) in [6, 6.07) is 4.97. The molecule has 1 atom stereocenters. The molecule has 156 valence electrons. The van der Waals surface area contributed by atoms with E-state index in [0.717, 1.165) is 4.90 Å². The van der Waals surface area contributed by atoms with Gasteiger partial charge in [-0.3, -0.25) is 14.5 Å². The molecule has 0 radical (unpaired) electrons. The first kappa shape index (κ1) is 19.7. The van der Waals surface area contributed by atoms with Gasteiger partial charge in [-0.2, -0.15) is 13.2 Å². The normalized spacial score (nSPS) is 21.8. The first-order valence-electron chi connectivity index (χ1n) is 9.64. The smallest absolute Gasteiger partial charge is 0.335 e. The summed E-state index contributed by atoms with van der Waals surface area (Å²) < 4.78 is 39.9. The lowest BCUT2D eigenvalue weighted by molar-refractivity contribution is -0.168. The number of imidazole rings is 1. The van der Waals surface area contributed by atoms with Crippen LogP contribution in [0.25, 0.3) is 5.65 Å². The maximum Gasteiger partial charge on any atom is 0.406 e. The van der Waals surface area contributed by atoms with Crippen molar-refractivity contribution in [3.63, 3.8) is 0 Å². The minimum atomic E-state index is -4.39. The summed E-state index contributed by atoms with van der Waals surface area (Å²) in [4.78, 5) is 34.1. The number of hydrogen-bond acceptors (Lipinski definition) is 4. The number of carbonyl (C=O) groups excluding carboxylic acids is 2. The van der Waals surface area contributed by atoms with Gasteiger partial charge < -0.3 is 14.2 Å². The van der Waals surface area contributed by atoms with Crippen molar-refractivity contribution < 1.29 is 22.8 Å². The van der Waals surface area contributed by atoms with Crippen molar-refractivity contribution in [2.24, 2.45) is 0 Å². The highest BCUT2D eigenvalue weighted by Gasteiger charge is 2.40. The standard InChI is InChI=1S/C19H22F3N5O2/c20-19(21,22)13-27-7-3-4-15(18(27)29)24-8-10-25(11-9-24)17(28)14-12-26-6-2-1-5-16(26)23-14/h1-2,5-6,12,15H,3-4,7-11,13H2/t15-/m1/s1. The number of aromatic nitrogens is 2. The second-order valence-electron chi connectivity index (χ2n) is 7.45. The van der Waals surface area contributed by atoms with Crippen LogP contribution in [-0.2, 0) is 4.79 Å². The molecule has 0 unspecified atom stereocenters. The van der Waals surface area contributed by atoms with E-state index in [4.69, 9.17) is 0 Å². The number of fused-ring (bicyclic) bond motifs is 1. The highest BCUT2D eigenvalue weighted by molar-refractivity contribution is 5.93. The third kappa shape index (κ3) is 4.21. The molecule has 0 aromatic carbocycles. The summed E-state index contributed by atoms with van der Waals surface area (Å²) in [5.41, 5.74) is 1.04. The molecule has 2 aromatic heterocycles. The Labute approximate surface area is 165 Å². The number of carbonyl (C=O) groups is 2. The van der Waals surface area contributed by atoms with Crippen molar-refractivity contribution in [3.8, 4) is 0 Å². The second kappa shape index (κ2) is 7.66. The van der Waals surface area contributed by atoms with E-state index < -0.39 is 24.7 Å². The van der Waals surface area contributed by atoms with Crippen LogP contribution in [0.2, 0.25) is 0 Å². The van der Waals surface area contributed by atoms with E-state index in [9.17, 15) is 22.8 Å². The van der Waals surface area contributed by atoms with Gasteiger partial charge in [-0.15, -0.1) is 0 Å². The minimum Gasteiger partial charge on any atom is -0.335 e. The number of nitrogens with zero attached hydrogens (tertiary/aromatic N) is 5. The van der Waals surface area contributed by atoms with Crippen molar-refractivity contribution in [2.45, 2.75) is 25.1 Å². The fourth-order valence-electron chi connectivity index (χ4n) is 4.07. The molecular weight excluding hydrogens is 387 g/mol. The molecule has 2 amide bonds. The van der Waals surface area contributed by atoms with Crippen molar-refractivity contribution in [1.29, 1.82) is 0 Å². The monoisotopic (exact) mass is 409 g/mol. The van der Waals surface area contributed by atoms with Crippen LogP contribution in [0.15, 0.2) is 30.6 Å². The molecule has 10 heteroatoms. The largest absolute Gasteiger partial charge is 0.406 e. The van der Waals surface area contributed by atoms with E-state index in [1.807, 2.05) is 29.3 Å². The van der Waals surface area contributed by atoms with Crippen molar-refractivity contribution in [3.05, 3.63) is 36.3 Å². The third-order valence-electron chi connectivity index (χ3n) is 5.50. The van der Waals surface area contributed by atoms with Gasteiger partial charge >= 0.3 is 6.18 Å². The molecule has 2 aliphatic heterocycles. The molecule has 0 spiro atoms. The van der Waals surface area contributed by atoms with Crippen LogP contribution in [0.5, 0.6) is 0 Å². The molecular formula is C19H22F3N5O2. The summed E-state index contributed by atoms with van der Waals surface area (Å²) in [5, 5.41) is 0. The molecule has 0 N–H and O–H groups in total. The van der Waals surface area contributed by atoms with Crippen LogP contribution in [0, 0.1) is 0 Å². The van der Waals surface area contributed by atoms with E-state index >= 15 is 0 Å². The van der Waals surface area contributed by atoms with Crippen LogP contribution >= 0.6 is 0 Å². The molecule has 4 heterocycles. The molecule has 0 bridgehead atoms. The van der Waals surface area contributed by atoms with Crippen LogP contribution in [0.1, 0.15) is 23.3 Å². The number of halogens is 3. The Bertz CT molecular complexity index is 872. The van der Waals surface area contributed by atoms with Gasteiger partial charge in [-0.1, -0.05) is 6.07 Å². The average molecular weight is 409 g/mol. The van der Waals surface area contributed by atoms with E-state index in [-0.39, 0.29) is 12.5 Å². The predicted octanol–water partition coefficient (Wildman–Crippen LogP) is 1.65. The van der Waals surface area contributed by atoms with E-state index in [1.165, 1.54) is 0 Å². The van der Waals surface area contributed by atoms with Gasteiger partial charge in [0.05, 0.1) is 6.04 Å². The molecule has 29 heavy (non-hydrogen) atoms. The molecule has 2 aliphatic rings. The summed E-state index contributed by atoms with van der Waals surface area (Å²) >= 11 is 0. The summed E-state index contributed by atoms with van der Waals surface area (Å²) in [7, 11) is 0. The van der Waals surface area contributed by atoms with Crippen LogP contribution in [0.4, 0.5) is 13.2 Å². The quantitative estimate of drug-likeness (QED) is 0.774. The Hall–Kier alpha value is -2.62. The van der Waals surface area contributed by atoms with Gasteiger partial charge in [0.2, 0.25) is 5.91 Å². The Morgan fingerprint density at radius 3 is 2.59 bits per heavy atom. The van der Waals surface area contributed by atoms with Gasteiger partial charge in [0, 0.05) is 45.1 Å². The zero-order valence-corrected chi connectivity index (χ0v) is 15.8. The van der Waals surface area contributed by atoms with Gasteiger partial charge in [-0.25, -0.2) is 4.98 Å². The molecule has 2 aromatic rings. The third-order valence-corrected chi connectivity index (χ3v) is 5.50. The summed E-state index contributed by atoms with van der Waals surface area (Å²) in [6.45, 7) is 0.673. The second-order valence-corrected chi connectivity index (χ2v) is 7.45. The lowest BCUT2D eigenvalue weighted by Crippen LogP contribution is -2.59. The maximum absolute atomic E-state index is 12.8. The van der Waals surface area contributed by atoms with Crippen molar-refractivity contribution in [2.75, 3.05) is 39.3 Å². The minimum absolute atomic E-state index is 0.140. The highest BCUT2D eigenvalue weighted by atomic mass is 19.4. The lowest BCUT2D eigenvalue weighted by Gasteiger charge is -2.42. The Morgan fingerprint density at radius 2 is 1.90 bits per heavy atom. The van der Waals surface area contributed by atoms with E-state index in [0.29, 0.717) is 50.4 Å². The van der Waals surface area contributed by atoms with Crippen molar-refractivity contribution >= 4 is 17.5 Å². The first-order chi connectivity index (χ1) is 13.8. The average Bonchev–Trinajstić information content (AvgIpc) is 3.12. The fourth-order valence-corrected chi connectivity index (χ4v) is 4.07. The number of piperazine rings is 1. The van der Waals surface area contributed by atoms with Gasteiger partial charge in [0.1, 0.15) is 17.9 Å². The Kier molecular flexibility index (Phi) is 5.20. The molecule has 2 fully saturated rings. The van der Waals surface area contributed by atoms with Gasteiger partial charge in [-0.05, 0) is 25.0 Å². The van der Waals surface area contributed by atoms with Crippen molar-refractivity contribution in [1.82, 2.24) is 24.1 Å². The molecule has 0 aliphatic carbocycles. The maximum atomic E-state index is 12.8.